The molecule has 4 bridgehead atoms. The molecule has 9 heteroatoms. The van der Waals surface area contributed by atoms with Crippen molar-refractivity contribution in [2.24, 2.45) is 11.8 Å². The Kier molecular flexibility index (Phi) is 9.29. The van der Waals surface area contributed by atoms with Crippen LogP contribution in [0.1, 0.15) is 54.1 Å². The van der Waals surface area contributed by atoms with Crippen molar-refractivity contribution in [3.8, 4) is 10.4 Å². The summed E-state index contributed by atoms with van der Waals surface area (Å²) in [6.07, 6.45) is 5.07. The van der Waals surface area contributed by atoms with Crippen LogP contribution in [0.15, 0.2) is 58.4 Å². The number of nitrogens with one attached hydrogen (secondary N) is 2. The van der Waals surface area contributed by atoms with Gasteiger partial charge in [0, 0.05) is 29.0 Å². The van der Waals surface area contributed by atoms with Gasteiger partial charge in [-0.2, -0.15) is 0 Å². The van der Waals surface area contributed by atoms with E-state index in [1.54, 1.807) is 11.3 Å². The van der Waals surface area contributed by atoms with Crippen molar-refractivity contribution in [1.29, 1.82) is 0 Å². The van der Waals surface area contributed by atoms with Gasteiger partial charge in [-0.05, 0) is 123 Å². The highest BCUT2D eigenvalue weighted by atomic mass is 79.9. The highest BCUT2D eigenvalue weighted by Crippen LogP contribution is 2.34. The molecule has 41 heavy (non-hydrogen) atoms. The van der Waals surface area contributed by atoms with Gasteiger partial charge >= 0.3 is 0 Å². The van der Waals surface area contributed by atoms with Crippen molar-refractivity contribution < 1.29 is 4.79 Å². The van der Waals surface area contributed by atoms with Crippen LogP contribution in [-0.2, 0) is 0 Å². The molecule has 6 aliphatic rings. The fourth-order valence-electron chi connectivity index (χ4n) is 7.19. The van der Waals surface area contributed by atoms with E-state index in [0.717, 1.165) is 19.6 Å². The molecule has 8 heterocycles. The summed E-state index contributed by atoms with van der Waals surface area (Å²) in [5, 5.41) is 6.92. The summed E-state index contributed by atoms with van der Waals surface area (Å²) in [7, 11) is 0. The highest BCUT2D eigenvalue weighted by molar-refractivity contribution is 9.11. The number of hydrogen-bond donors (Lipinski definition) is 2. The molecule has 6 aliphatic heterocycles. The molecular weight excluding hydrogens is 632 g/mol. The zero-order valence-corrected chi connectivity index (χ0v) is 27.8. The van der Waals surface area contributed by atoms with Crippen molar-refractivity contribution in [1.82, 2.24) is 20.4 Å². The number of fused-ring (bicyclic) bond motifs is 6. The van der Waals surface area contributed by atoms with Crippen LogP contribution in [0.25, 0.3) is 10.4 Å². The molecule has 2 N–H and O–H groups in total. The molecule has 0 spiro atoms. The maximum atomic E-state index is 12.2. The lowest BCUT2D eigenvalue weighted by Crippen LogP contribution is -2.62. The first kappa shape index (κ1) is 29.5. The third kappa shape index (κ3) is 6.50. The van der Waals surface area contributed by atoms with Gasteiger partial charge in [0.2, 0.25) is 0 Å². The Morgan fingerprint density at radius 3 is 1.88 bits per heavy atom. The molecule has 0 saturated carbocycles. The minimum absolute atomic E-state index is 0.0799. The lowest BCUT2D eigenvalue weighted by molar-refractivity contribution is 0.0218. The van der Waals surface area contributed by atoms with Gasteiger partial charge in [0.05, 0.1) is 13.5 Å². The second-order valence-corrected chi connectivity index (χ2v) is 15.8. The van der Waals surface area contributed by atoms with Crippen molar-refractivity contribution >= 4 is 61.7 Å². The number of benzene rings is 1. The number of hydrogen-bond acceptors (Lipinski definition) is 6. The first-order valence-corrected chi connectivity index (χ1v) is 17.7. The van der Waals surface area contributed by atoms with Crippen LogP contribution in [0.5, 0.6) is 0 Å². The van der Waals surface area contributed by atoms with Crippen LogP contribution in [0.4, 0.5) is 0 Å². The molecule has 0 aliphatic carbocycles. The number of thiocarbonyl (C=S) groups is 1. The van der Waals surface area contributed by atoms with Crippen LogP contribution in [0.3, 0.4) is 0 Å². The Bertz CT molecular complexity index is 1340. The molecule has 1 aromatic carbocycles. The second kappa shape index (κ2) is 12.9. The number of thiophene rings is 2. The number of carbonyl (C=O) groups excluding carboxylic acids is 1. The Hall–Kier alpha value is -1.62. The molecule has 0 radical (unpaired) electrons. The SMILES string of the molecule is C[C@H]1[C@H](NC(=O)c2ccc(Br)s2)C2CCN1CC2.C[C@H]1[C@H](NC(=S)c2ccc(-c3ccccc3)s2)C2CCN1CC2. The minimum Gasteiger partial charge on any atom is -0.371 e. The van der Waals surface area contributed by atoms with Crippen LogP contribution < -0.4 is 10.6 Å². The minimum atomic E-state index is 0.0799. The molecule has 2 aromatic heterocycles. The quantitative estimate of drug-likeness (QED) is 0.290. The lowest BCUT2D eigenvalue weighted by atomic mass is 9.79. The van der Waals surface area contributed by atoms with Crippen molar-refractivity contribution in [2.75, 3.05) is 26.2 Å². The summed E-state index contributed by atoms with van der Waals surface area (Å²) in [5.74, 6) is 1.52. The third-order valence-corrected chi connectivity index (χ3v) is 12.9. The van der Waals surface area contributed by atoms with E-state index in [-0.39, 0.29) is 5.91 Å². The number of rotatable bonds is 5. The van der Waals surface area contributed by atoms with Crippen molar-refractivity contribution in [2.45, 2.75) is 63.7 Å². The van der Waals surface area contributed by atoms with E-state index in [9.17, 15) is 4.79 Å². The molecule has 9 rings (SSSR count). The van der Waals surface area contributed by atoms with E-state index in [1.807, 2.05) is 12.1 Å². The Balaban J connectivity index is 0.000000152. The average molecular weight is 672 g/mol. The van der Waals surface area contributed by atoms with Gasteiger partial charge in [-0.3, -0.25) is 14.6 Å². The Morgan fingerprint density at radius 2 is 1.34 bits per heavy atom. The van der Waals surface area contributed by atoms with E-state index in [1.165, 1.54) is 78.5 Å². The standard InChI is InChI=1S/C19H22N2S2.C13H17BrN2OS/c1-13-18(15-9-11-21(13)12-10-15)20-19(22)17-8-7-16(23-17)14-5-3-2-4-6-14;1-8-12(9-4-6-16(8)7-5-9)15-13(17)10-2-3-11(14)18-10/h2-8,13,15,18H,9-12H2,1H3,(H,20,22);2-3,8-9,12H,4-7H2,1H3,(H,15,17)/t13-,18-;8-,12-/m00/s1. The molecule has 3 aromatic rings. The second-order valence-electron chi connectivity index (χ2n) is 11.9. The van der Waals surface area contributed by atoms with E-state index in [2.05, 4.69) is 92.7 Å². The molecule has 5 nitrogen and oxygen atoms in total. The maximum Gasteiger partial charge on any atom is 0.261 e. The fourth-order valence-corrected chi connectivity index (χ4v) is 9.72. The Morgan fingerprint density at radius 1 is 0.780 bits per heavy atom. The van der Waals surface area contributed by atoms with Crippen LogP contribution in [0.2, 0.25) is 0 Å². The normalized spacial score (nSPS) is 31.7. The largest absolute Gasteiger partial charge is 0.371 e. The van der Waals surface area contributed by atoms with Crippen molar-refractivity contribution in [3.63, 3.8) is 0 Å². The number of piperidine rings is 6. The van der Waals surface area contributed by atoms with Crippen LogP contribution in [0, 0.1) is 11.8 Å². The first-order valence-electron chi connectivity index (χ1n) is 14.9. The highest BCUT2D eigenvalue weighted by Gasteiger charge is 2.41. The van der Waals surface area contributed by atoms with Gasteiger partial charge in [0.15, 0.2) is 0 Å². The summed E-state index contributed by atoms with van der Waals surface area (Å²) >= 11 is 12.4. The summed E-state index contributed by atoms with van der Waals surface area (Å²) < 4.78 is 1.01. The topological polar surface area (TPSA) is 47.6 Å². The van der Waals surface area contributed by atoms with Crippen LogP contribution in [-0.4, -0.2) is 71.0 Å². The maximum absolute atomic E-state index is 12.2. The molecule has 6 fully saturated rings. The summed E-state index contributed by atoms with van der Waals surface area (Å²) in [6.45, 7) is 9.49. The van der Waals surface area contributed by atoms with Crippen molar-refractivity contribution in [3.05, 3.63) is 68.1 Å². The van der Waals surface area contributed by atoms with Gasteiger partial charge in [-0.25, -0.2) is 0 Å². The predicted molar refractivity (Wildman–Crippen MR) is 179 cm³/mol. The lowest BCUT2D eigenvalue weighted by Gasteiger charge is -2.50. The first-order chi connectivity index (χ1) is 19.9. The third-order valence-electron chi connectivity index (χ3n) is 9.64. The summed E-state index contributed by atoms with van der Waals surface area (Å²) in [5.41, 5.74) is 1.27. The van der Waals surface area contributed by atoms with Crippen LogP contribution >= 0.6 is 50.8 Å². The van der Waals surface area contributed by atoms with Gasteiger partial charge in [0.1, 0.15) is 4.99 Å². The van der Waals surface area contributed by atoms with E-state index in [4.69, 9.17) is 12.2 Å². The summed E-state index contributed by atoms with van der Waals surface area (Å²) in [6, 6.07) is 20.6. The molecule has 1 amide bonds. The Labute approximate surface area is 265 Å². The average Bonchev–Trinajstić information content (AvgIpc) is 3.68. The number of nitrogens with zero attached hydrogens (tertiary/aromatic N) is 2. The monoisotopic (exact) mass is 670 g/mol. The zero-order valence-electron chi connectivity index (χ0n) is 23.7. The van der Waals surface area contributed by atoms with Gasteiger partial charge in [-0.1, -0.05) is 42.5 Å². The molecule has 6 saturated heterocycles. The molecule has 4 atom stereocenters. The predicted octanol–water partition coefficient (Wildman–Crippen LogP) is 6.89. The number of carbonyl (C=O) groups is 1. The fraction of sp³-hybridized carbons (Fsp3) is 0.500. The molecule has 0 unspecified atom stereocenters. The molecular formula is C32H39BrN4OS3. The van der Waals surface area contributed by atoms with Gasteiger partial charge in [0.25, 0.3) is 5.91 Å². The van der Waals surface area contributed by atoms with E-state index >= 15 is 0 Å². The smallest absolute Gasteiger partial charge is 0.261 e. The van der Waals surface area contributed by atoms with Gasteiger partial charge in [-0.15, -0.1) is 22.7 Å². The van der Waals surface area contributed by atoms with Gasteiger partial charge < -0.3 is 10.6 Å². The molecule has 218 valence electrons. The van der Waals surface area contributed by atoms with E-state index < -0.39 is 0 Å². The van der Waals surface area contributed by atoms with E-state index in [0.29, 0.717) is 30.1 Å². The zero-order chi connectivity index (χ0) is 28.5. The number of halogens is 1. The number of amides is 1. The summed E-state index contributed by atoms with van der Waals surface area (Å²) in [4.78, 5) is 21.5.